The number of halogens is 2. The largest absolute Gasteiger partial charge is 0.322 e. The van der Waals surface area contributed by atoms with Crippen LogP contribution in [0.5, 0.6) is 0 Å². The zero-order valence-corrected chi connectivity index (χ0v) is 9.79. The van der Waals surface area contributed by atoms with Gasteiger partial charge in [-0.25, -0.2) is 4.39 Å². The topological polar surface area (TPSA) is 49.4 Å². The van der Waals surface area contributed by atoms with Gasteiger partial charge in [-0.3, -0.25) is 9.59 Å². The lowest BCUT2D eigenvalue weighted by molar-refractivity contribution is -0.118. The molecule has 1 aliphatic rings. The number of fused-ring (bicyclic) bond motifs is 1. The monoisotopic (exact) mass is 256 g/mol. The number of carbonyl (C=O) groups excluding carboxylic acids is 2. The Morgan fingerprint density at radius 2 is 2.29 bits per heavy atom. The fraction of sp³-hybridized carbons (Fsp3) is 0.273. The normalized spacial score (nSPS) is 15.7. The van der Waals surface area contributed by atoms with E-state index in [1.807, 2.05) is 0 Å². The smallest absolute Gasteiger partial charge is 0.274 e. The maximum Gasteiger partial charge on any atom is 0.274 e. The first-order valence-electron chi connectivity index (χ1n) is 4.97. The fourth-order valence-corrected chi connectivity index (χ4v) is 1.80. The second kappa shape index (κ2) is 4.33. The molecule has 1 aromatic carbocycles. The Bertz CT molecular complexity index is 490. The first-order valence-corrected chi connectivity index (χ1v) is 5.41. The molecular formula is C11H10ClFN2O2. The molecule has 1 atom stereocenters. The summed E-state index contributed by atoms with van der Waals surface area (Å²) in [5, 5.41) is 2.33. The van der Waals surface area contributed by atoms with Crippen molar-refractivity contribution in [2.45, 2.75) is 12.1 Å². The van der Waals surface area contributed by atoms with Crippen LogP contribution < -0.4 is 10.2 Å². The molecule has 2 rings (SSSR count). The fourth-order valence-electron chi connectivity index (χ4n) is 1.74. The average Bonchev–Trinajstić information content (AvgIpc) is 2.54. The number of rotatable bonds is 2. The summed E-state index contributed by atoms with van der Waals surface area (Å²) in [5.41, 5.74) is -0.0383. The Morgan fingerprint density at radius 3 is 2.94 bits per heavy atom. The minimum atomic E-state index is -2.08. The standard InChI is InChI=1S/C11H10ClFN2O2/c1-15-8-3-2-7(14-11(17)10(12)13)4-6(8)5-9(15)16/h2-4,10H,5H2,1H3,(H,14,17). The molecule has 0 bridgehead atoms. The van der Waals surface area contributed by atoms with Crippen molar-refractivity contribution in [2.24, 2.45) is 0 Å². The van der Waals surface area contributed by atoms with E-state index in [1.54, 1.807) is 30.1 Å². The van der Waals surface area contributed by atoms with Crippen molar-refractivity contribution >= 4 is 34.8 Å². The predicted octanol–water partition coefficient (Wildman–Crippen LogP) is 1.68. The quantitative estimate of drug-likeness (QED) is 0.819. The highest BCUT2D eigenvalue weighted by atomic mass is 35.5. The number of hydrogen-bond acceptors (Lipinski definition) is 2. The van der Waals surface area contributed by atoms with Crippen molar-refractivity contribution in [3.63, 3.8) is 0 Å². The van der Waals surface area contributed by atoms with Gasteiger partial charge in [0.05, 0.1) is 6.42 Å². The molecule has 1 heterocycles. The molecule has 0 saturated carbocycles. The number of alkyl halides is 2. The summed E-state index contributed by atoms with van der Waals surface area (Å²) in [4.78, 5) is 24.0. The Labute approximate surface area is 102 Å². The number of hydrogen-bond donors (Lipinski definition) is 1. The van der Waals surface area contributed by atoms with Crippen LogP contribution in [0.25, 0.3) is 0 Å². The number of likely N-dealkylation sites (N-methyl/N-ethyl adjacent to an activating group) is 1. The van der Waals surface area contributed by atoms with Crippen LogP contribution in [0.4, 0.5) is 15.8 Å². The average molecular weight is 257 g/mol. The predicted molar refractivity (Wildman–Crippen MR) is 62.9 cm³/mol. The Balaban J connectivity index is 2.22. The van der Waals surface area contributed by atoms with Crippen LogP contribution >= 0.6 is 11.6 Å². The molecule has 0 aromatic heterocycles. The van der Waals surface area contributed by atoms with Crippen molar-refractivity contribution in [3.8, 4) is 0 Å². The van der Waals surface area contributed by atoms with Gasteiger partial charge in [0, 0.05) is 18.4 Å². The van der Waals surface area contributed by atoms with E-state index in [-0.39, 0.29) is 12.3 Å². The molecule has 1 unspecified atom stereocenters. The van der Waals surface area contributed by atoms with E-state index in [2.05, 4.69) is 5.32 Å². The summed E-state index contributed by atoms with van der Waals surface area (Å²) in [6, 6.07) is 4.95. The summed E-state index contributed by atoms with van der Waals surface area (Å²) in [5.74, 6) is -0.923. The molecule has 0 fully saturated rings. The second-order valence-electron chi connectivity index (χ2n) is 3.76. The van der Waals surface area contributed by atoms with Gasteiger partial charge in [0.2, 0.25) is 5.91 Å². The molecule has 0 spiro atoms. The molecule has 4 nitrogen and oxygen atoms in total. The second-order valence-corrected chi connectivity index (χ2v) is 4.15. The van der Waals surface area contributed by atoms with Gasteiger partial charge in [0.25, 0.3) is 11.5 Å². The van der Waals surface area contributed by atoms with E-state index < -0.39 is 11.5 Å². The first kappa shape index (κ1) is 11.9. The van der Waals surface area contributed by atoms with Crippen molar-refractivity contribution in [2.75, 3.05) is 17.3 Å². The van der Waals surface area contributed by atoms with Gasteiger partial charge < -0.3 is 10.2 Å². The van der Waals surface area contributed by atoms with Gasteiger partial charge in [-0.2, -0.15) is 0 Å². The lowest BCUT2D eigenvalue weighted by atomic mass is 10.1. The lowest BCUT2D eigenvalue weighted by Gasteiger charge is -2.11. The van der Waals surface area contributed by atoms with Crippen LogP contribution in [0.3, 0.4) is 0 Å². The van der Waals surface area contributed by atoms with E-state index in [9.17, 15) is 14.0 Å². The molecule has 1 N–H and O–H groups in total. The van der Waals surface area contributed by atoms with Crippen LogP contribution in [0, 0.1) is 0 Å². The maximum atomic E-state index is 12.5. The van der Waals surface area contributed by atoms with E-state index in [0.717, 1.165) is 11.3 Å². The third kappa shape index (κ3) is 2.24. The highest BCUT2D eigenvalue weighted by molar-refractivity contribution is 6.31. The van der Waals surface area contributed by atoms with E-state index >= 15 is 0 Å². The van der Waals surface area contributed by atoms with E-state index in [1.165, 1.54) is 0 Å². The van der Waals surface area contributed by atoms with Crippen LogP contribution in [0.1, 0.15) is 5.56 Å². The Hall–Kier alpha value is -1.62. The molecular weight excluding hydrogens is 247 g/mol. The van der Waals surface area contributed by atoms with Gasteiger partial charge in [-0.1, -0.05) is 11.6 Å². The van der Waals surface area contributed by atoms with Gasteiger partial charge in [-0.05, 0) is 23.8 Å². The summed E-state index contributed by atoms with van der Waals surface area (Å²) in [6.45, 7) is 0. The van der Waals surface area contributed by atoms with Crippen molar-refractivity contribution < 1.29 is 14.0 Å². The van der Waals surface area contributed by atoms with Crippen molar-refractivity contribution in [1.82, 2.24) is 0 Å². The highest BCUT2D eigenvalue weighted by Crippen LogP contribution is 2.30. The summed E-state index contributed by atoms with van der Waals surface area (Å²) < 4.78 is 12.5. The van der Waals surface area contributed by atoms with Crippen LogP contribution in [0.15, 0.2) is 18.2 Å². The van der Waals surface area contributed by atoms with E-state index in [0.29, 0.717) is 5.69 Å². The number of carbonyl (C=O) groups is 2. The van der Waals surface area contributed by atoms with Crippen LogP contribution in [-0.4, -0.2) is 24.5 Å². The van der Waals surface area contributed by atoms with Gasteiger partial charge >= 0.3 is 0 Å². The van der Waals surface area contributed by atoms with Crippen LogP contribution in [0.2, 0.25) is 0 Å². The molecule has 0 aliphatic carbocycles. The molecule has 90 valence electrons. The number of benzene rings is 1. The number of nitrogens with one attached hydrogen (secondary N) is 1. The third-order valence-electron chi connectivity index (χ3n) is 2.62. The maximum absolute atomic E-state index is 12.5. The summed E-state index contributed by atoms with van der Waals surface area (Å²) >= 11 is 5.00. The molecule has 0 radical (unpaired) electrons. The molecule has 1 aromatic rings. The van der Waals surface area contributed by atoms with Crippen LogP contribution in [-0.2, 0) is 16.0 Å². The third-order valence-corrected chi connectivity index (χ3v) is 2.82. The first-order chi connectivity index (χ1) is 7.99. The lowest BCUT2D eigenvalue weighted by Crippen LogP contribution is -2.20. The van der Waals surface area contributed by atoms with Gasteiger partial charge in [-0.15, -0.1) is 0 Å². The number of amides is 2. The zero-order valence-electron chi connectivity index (χ0n) is 9.04. The Morgan fingerprint density at radius 1 is 1.59 bits per heavy atom. The van der Waals surface area contributed by atoms with E-state index in [4.69, 9.17) is 11.6 Å². The number of anilines is 2. The summed E-state index contributed by atoms with van der Waals surface area (Å²) in [7, 11) is 1.68. The highest BCUT2D eigenvalue weighted by Gasteiger charge is 2.24. The minimum Gasteiger partial charge on any atom is -0.322 e. The molecule has 17 heavy (non-hydrogen) atoms. The SMILES string of the molecule is CN1C(=O)Cc2cc(NC(=O)C(F)Cl)ccc21. The summed E-state index contributed by atoms with van der Waals surface area (Å²) in [6.07, 6.45) is 0.287. The minimum absolute atomic E-state index is 0.0100. The van der Waals surface area contributed by atoms with Crippen molar-refractivity contribution in [1.29, 1.82) is 0 Å². The molecule has 2 amide bonds. The van der Waals surface area contributed by atoms with Gasteiger partial charge in [0.1, 0.15) is 0 Å². The van der Waals surface area contributed by atoms with Crippen molar-refractivity contribution in [3.05, 3.63) is 23.8 Å². The number of nitrogens with zero attached hydrogens (tertiary/aromatic N) is 1. The molecule has 6 heteroatoms. The Kier molecular flexibility index (Phi) is 3.02. The molecule has 1 aliphatic heterocycles. The van der Waals surface area contributed by atoms with Gasteiger partial charge in [0.15, 0.2) is 0 Å². The molecule has 0 saturated heterocycles. The zero-order chi connectivity index (χ0) is 12.6.